The molecule has 5 rings (SSSR count). The van der Waals surface area contributed by atoms with Gasteiger partial charge in [-0.05, 0) is 78.6 Å². The van der Waals surface area contributed by atoms with Gasteiger partial charge in [0.2, 0.25) is 0 Å². The molecule has 3 aromatic carbocycles. The summed E-state index contributed by atoms with van der Waals surface area (Å²) in [4.78, 5) is 50.0. The van der Waals surface area contributed by atoms with Crippen molar-refractivity contribution in [3.63, 3.8) is 0 Å². The Morgan fingerprint density at radius 3 is 2.16 bits per heavy atom. The number of nitro groups is 1. The third-order valence-corrected chi connectivity index (χ3v) is 6.55. The lowest BCUT2D eigenvalue weighted by Crippen LogP contribution is -2.33. The number of Topliss-reactive ketones (excluding diaryl/α,β-unsaturated/α-hetero) is 1. The molecule has 0 saturated heterocycles. The van der Waals surface area contributed by atoms with Crippen molar-refractivity contribution < 1.29 is 19.2 Å². The van der Waals surface area contributed by atoms with E-state index in [1.807, 2.05) is 0 Å². The number of hydrogen-bond donors (Lipinski definition) is 1. The van der Waals surface area contributed by atoms with Gasteiger partial charge in [-0.1, -0.05) is 12.1 Å². The Hall–Kier alpha value is -5.05. The molecule has 0 unspecified atom stereocenters. The first-order valence-corrected chi connectivity index (χ1v) is 12.0. The molecule has 1 aliphatic rings. The van der Waals surface area contributed by atoms with Gasteiger partial charge in [0.15, 0.2) is 5.78 Å². The summed E-state index contributed by atoms with van der Waals surface area (Å²) in [7, 11) is 1.55. The molecule has 1 aromatic heterocycles. The van der Waals surface area contributed by atoms with Gasteiger partial charge in [-0.15, -0.1) is 0 Å². The summed E-state index contributed by atoms with van der Waals surface area (Å²) in [6.45, 7) is 0. The number of carbonyl (C=O) groups is 2. The topological polar surface area (TPSA) is 121 Å². The first-order chi connectivity index (χ1) is 18.4. The van der Waals surface area contributed by atoms with Gasteiger partial charge in [0.05, 0.1) is 12.0 Å². The third kappa shape index (κ3) is 4.69. The van der Waals surface area contributed by atoms with Crippen LogP contribution in [0.3, 0.4) is 0 Å². The predicted molar refractivity (Wildman–Crippen MR) is 142 cm³/mol. The predicted octanol–water partition coefficient (Wildman–Crippen LogP) is 5.19. The lowest BCUT2D eigenvalue weighted by Gasteiger charge is -2.22. The van der Waals surface area contributed by atoms with E-state index in [0.29, 0.717) is 47.6 Å². The van der Waals surface area contributed by atoms with Crippen molar-refractivity contribution in [1.82, 2.24) is 4.57 Å². The van der Waals surface area contributed by atoms with Crippen molar-refractivity contribution in [3.8, 4) is 22.6 Å². The highest BCUT2D eigenvalue weighted by molar-refractivity contribution is 6.07. The summed E-state index contributed by atoms with van der Waals surface area (Å²) in [5.41, 5.74) is 2.93. The van der Waals surface area contributed by atoms with Crippen molar-refractivity contribution in [2.45, 2.75) is 19.3 Å². The summed E-state index contributed by atoms with van der Waals surface area (Å²) in [5.74, 6) is -0.102. The molecule has 38 heavy (non-hydrogen) atoms. The lowest BCUT2D eigenvalue weighted by atomic mass is 9.92. The van der Waals surface area contributed by atoms with Gasteiger partial charge in [-0.2, -0.15) is 0 Å². The average molecular weight is 510 g/mol. The van der Waals surface area contributed by atoms with Gasteiger partial charge in [-0.25, -0.2) is 0 Å². The fourth-order valence-electron chi connectivity index (χ4n) is 4.58. The van der Waals surface area contributed by atoms with Crippen molar-refractivity contribution in [2.24, 2.45) is 0 Å². The fraction of sp³-hybridized carbons (Fsp3) is 0.138. The Bertz CT molecular complexity index is 1600. The molecule has 190 valence electrons. The standard InChI is InChI=1S/C29H23N3O6/c1-38-23-15-13-21(14-16-23)31-26-3-2-4-27(33)24(26)17-25(29(31)35)28(34)30-20-9-5-18(6-10-20)19-7-11-22(12-8-19)32(36)37/h5-17H,2-4H2,1H3,(H,30,34). The number of nitrogens with one attached hydrogen (secondary N) is 1. The maximum atomic E-state index is 13.6. The number of nitrogens with zero attached hydrogens (tertiary/aromatic N) is 2. The minimum Gasteiger partial charge on any atom is -0.497 e. The van der Waals surface area contributed by atoms with E-state index in [0.717, 1.165) is 11.1 Å². The zero-order chi connectivity index (χ0) is 26.8. The zero-order valence-electron chi connectivity index (χ0n) is 20.5. The van der Waals surface area contributed by atoms with Crippen molar-refractivity contribution in [3.05, 3.63) is 116 Å². The van der Waals surface area contributed by atoms with E-state index >= 15 is 0 Å². The number of nitro benzene ring substituents is 1. The number of non-ortho nitro benzene ring substituents is 1. The molecule has 0 spiro atoms. The number of ether oxygens (including phenoxy) is 1. The molecule has 0 radical (unpaired) electrons. The van der Waals surface area contributed by atoms with Crippen LogP contribution in [0.4, 0.5) is 11.4 Å². The van der Waals surface area contributed by atoms with Crippen LogP contribution in [0.2, 0.25) is 0 Å². The molecule has 1 N–H and O–H groups in total. The van der Waals surface area contributed by atoms with Crippen LogP contribution < -0.4 is 15.6 Å². The highest BCUT2D eigenvalue weighted by Crippen LogP contribution is 2.26. The lowest BCUT2D eigenvalue weighted by molar-refractivity contribution is -0.384. The molecule has 0 bridgehead atoms. The van der Waals surface area contributed by atoms with Crippen LogP contribution >= 0.6 is 0 Å². The molecule has 0 saturated carbocycles. The molecular weight excluding hydrogens is 486 g/mol. The van der Waals surface area contributed by atoms with E-state index in [2.05, 4.69) is 5.32 Å². The Morgan fingerprint density at radius 2 is 1.55 bits per heavy atom. The van der Waals surface area contributed by atoms with Crippen LogP contribution in [0.15, 0.2) is 83.7 Å². The molecule has 0 atom stereocenters. The molecule has 0 aliphatic heterocycles. The van der Waals surface area contributed by atoms with E-state index in [1.54, 1.807) is 67.8 Å². The number of ketones is 1. The molecule has 1 aliphatic carbocycles. The van der Waals surface area contributed by atoms with Crippen LogP contribution in [0.25, 0.3) is 16.8 Å². The number of fused-ring (bicyclic) bond motifs is 1. The van der Waals surface area contributed by atoms with E-state index in [-0.39, 0.29) is 17.0 Å². The monoisotopic (exact) mass is 509 g/mol. The minimum atomic E-state index is -0.624. The van der Waals surface area contributed by atoms with Gasteiger partial charge in [0, 0.05) is 41.2 Å². The molecule has 9 heteroatoms. The van der Waals surface area contributed by atoms with Crippen molar-refractivity contribution >= 4 is 23.1 Å². The SMILES string of the molecule is COc1ccc(-n2c3c(cc(C(=O)Nc4ccc(-c5ccc([N+](=O)[O-])cc5)cc4)c2=O)C(=O)CCC3)cc1. The van der Waals surface area contributed by atoms with Gasteiger partial charge in [-0.3, -0.25) is 29.1 Å². The second-order valence-corrected chi connectivity index (χ2v) is 8.87. The van der Waals surface area contributed by atoms with Crippen molar-refractivity contribution in [1.29, 1.82) is 0 Å². The van der Waals surface area contributed by atoms with Crippen molar-refractivity contribution in [2.75, 3.05) is 12.4 Å². The van der Waals surface area contributed by atoms with E-state index < -0.39 is 16.4 Å². The highest BCUT2D eigenvalue weighted by atomic mass is 16.6. The van der Waals surface area contributed by atoms with E-state index in [9.17, 15) is 24.5 Å². The normalized spacial score (nSPS) is 12.5. The van der Waals surface area contributed by atoms with Crippen LogP contribution in [0, 0.1) is 10.1 Å². The fourth-order valence-corrected chi connectivity index (χ4v) is 4.58. The van der Waals surface area contributed by atoms with E-state index in [1.165, 1.54) is 22.8 Å². The van der Waals surface area contributed by atoms with Crippen LogP contribution in [0.1, 0.15) is 39.3 Å². The highest BCUT2D eigenvalue weighted by Gasteiger charge is 2.26. The summed E-state index contributed by atoms with van der Waals surface area (Å²) in [5, 5.41) is 13.6. The summed E-state index contributed by atoms with van der Waals surface area (Å²) >= 11 is 0. The number of hydrogen-bond acceptors (Lipinski definition) is 6. The molecular formula is C29H23N3O6. The first-order valence-electron chi connectivity index (χ1n) is 12.0. The summed E-state index contributed by atoms with van der Waals surface area (Å²) in [6.07, 6.45) is 1.54. The Kier molecular flexibility index (Phi) is 6.57. The number of benzene rings is 3. The Morgan fingerprint density at radius 1 is 0.921 bits per heavy atom. The summed E-state index contributed by atoms with van der Waals surface area (Å²) in [6, 6.07) is 21.3. The Labute approximate surface area is 217 Å². The number of carbonyl (C=O) groups excluding carboxylic acids is 2. The smallest absolute Gasteiger partial charge is 0.269 e. The molecule has 9 nitrogen and oxygen atoms in total. The summed E-state index contributed by atoms with van der Waals surface area (Å²) < 4.78 is 6.65. The number of amides is 1. The number of pyridine rings is 1. The molecule has 4 aromatic rings. The molecule has 0 fully saturated rings. The number of anilines is 1. The third-order valence-electron chi connectivity index (χ3n) is 6.55. The van der Waals surface area contributed by atoms with Crippen LogP contribution in [-0.2, 0) is 6.42 Å². The number of aromatic nitrogens is 1. The Balaban J connectivity index is 1.46. The number of methoxy groups -OCH3 is 1. The quantitative estimate of drug-likeness (QED) is 0.282. The first kappa shape index (κ1) is 24.6. The second kappa shape index (κ2) is 10.1. The maximum absolute atomic E-state index is 13.6. The maximum Gasteiger partial charge on any atom is 0.269 e. The minimum absolute atomic E-state index is 0.00135. The van der Waals surface area contributed by atoms with Gasteiger partial charge < -0.3 is 10.1 Å². The zero-order valence-corrected chi connectivity index (χ0v) is 20.5. The molecule has 1 heterocycles. The molecule has 1 amide bonds. The largest absolute Gasteiger partial charge is 0.497 e. The van der Waals surface area contributed by atoms with Gasteiger partial charge >= 0.3 is 0 Å². The van der Waals surface area contributed by atoms with E-state index in [4.69, 9.17) is 4.74 Å². The average Bonchev–Trinajstić information content (AvgIpc) is 2.93. The van der Waals surface area contributed by atoms with Gasteiger partial charge in [0.1, 0.15) is 11.3 Å². The second-order valence-electron chi connectivity index (χ2n) is 8.87. The van der Waals surface area contributed by atoms with Gasteiger partial charge in [0.25, 0.3) is 17.2 Å². The van der Waals surface area contributed by atoms with Crippen LogP contribution in [0.5, 0.6) is 5.75 Å². The van der Waals surface area contributed by atoms with Crippen LogP contribution in [-0.4, -0.2) is 28.3 Å². The number of rotatable bonds is 6.